The van der Waals surface area contributed by atoms with Crippen molar-refractivity contribution in [2.75, 3.05) is 6.61 Å². The second-order valence-corrected chi connectivity index (χ2v) is 3.68. The van der Waals surface area contributed by atoms with Crippen LogP contribution in [0.15, 0.2) is 11.1 Å². The Labute approximate surface area is 78.7 Å². The van der Waals surface area contributed by atoms with Gasteiger partial charge in [-0.05, 0) is 31.8 Å². The molecule has 0 aromatic rings. The molecule has 0 heterocycles. The van der Waals surface area contributed by atoms with E-state index in [1.165, 1.54) is 0 Å². The van der Waals surface area contributed by atoms with Crippen LogP contribution in [-0.4, -0.2) is 18.8 Å². The summed E-state index contributed by atoms with van der Waals surface area (Å²) in [5.41, 5.74) is 8.37. The molecule has 1 fully saturated rings. The summed E-state index contributed by atoms with van der Waals surface area (Å²) in [7, 11) is 0. The molecule has 0 aromatic heterocycles. The fraction of sp³-hybridized carbons (Fsp3) is 0.778. The first kappa shape index (κ1) is 10.0. The Morgan fingerprint density at radius 2 is 2.42 bits per heavy atom. The molecule has 12 heavy (non-hydrogen) atoms. The van der Waals surface area contributed by atoms with Gasteiger partial charge in [-0.25, -0.2) is 0 Å². The lowest BCUT2D eigenvalue weighted by atomic mass is 10.3. The van der Waals surface area contributed by atoms with Crippen LogP contribution in [0.3, 0.4) is 0 Å². The van der Waals surface area contributed by atoms with Crippen LogP contribution in [0.1, 0.15) is 26.2 Å². The number of hydrogen-bond donors (Lipinski definition) is 1. The molecule has 0 spiro atoms. The number of ether oxygens (including phenoxy) is 1. The fourth-order valence-corrected chi connectivity index (χ4v) is 1.47. The Balaban J connectivity index is 2.16. The molecule has 0 aliphatic heterocycles. The van der Waals surface area contributed by atoms with Gasteiger partial charge < -0.3 is 10.5 Å². The minimum absolute atomic E-state index is 0.343. The summed E-state index contributed by atoms with van der Waals surface area (Å²) in [4.78, 5) is 0. The Hall–Kier alpha value is -0.0500. The summed E-state index contributed by atoms with van der Waals surface area (Å²) in [6.45, 7) is 2.60. The highest BCUT2D eigenvalue weighted by Gasteiger charge is 2.21. The van der Waals surface area contributed by atoms with Crippen molar-refractivity contribution in [1.82, 2.24) is 0 Å². The van der Waals surface area contributed by atoms with Crippen LogP contribution in [0, 0.1) is 0 Å². The lowest BCUT2D eigenvalue weighted by Crippen LogP contribution is -2.17. The monoisotopic (exact) mass is 189 g/mol. The van der Waals surface area contributed by atoms with Crippen LogP contribution >= 0.6 is 11.6 Å². The molecule has 3 heteroatoms. The molecule has 2 N–H and O–H groups in total. The van der Waals surface area contributed by atoms with Crippen molar-refractivity contribution in [3.8, 4) is 0 Å². The van der Waals surface area contributed by atoms with Gasteiger partial charge in [-0.15, -0.1) is 0 Å². The Kier molecular flexibility index (Phi) is 4.06. The van der Waals surface area contributed by atoms with Gasteiger partial charge in [-0.1, -0.05) is 11.6 Å². The van der Waals surface area contributed by atoms with E-state index >= 15 is 0 Å². The predicted molar refractivity (Wildman–Crippen MR) is 51.2 cm³/mol. The number of halogens is 1. The number of hydrogen-bond acceptors (Lipinski definition) is 2. The third kappa shape index (κ3) is 3.13. The largest absolute Gasteiger partial charge is 0.374 e. The van der Waals surface area contributed by atoms with Crippen molar-refractivity contribution < 1.29 is 4.74 Å². The average molecular weight is 190 g/mol. The van der Waals surface area contributed by atoms with Gasteiger partial charge in [0, 0.05) is 11.6 Å². The highest BCUT2D eigenvalue weighted by Crippen LogP contribution is 2.20. The van der Waals surface area contributed by atoms with Gasteiger partial charge in [0.1, 0.15) is 0 Å². The van der Waals surface area contributed by atoms with Crippen LogP contribution in [0.5, 0.6) is 0 Å². The lowest BCUT2D eigenvalue weighted by Gasteiger charge is -2.10. The second kappa shape index (κ2) is 4.85. The van der Waals surface area contributed by atoms with Gasteiger partial charge >= 0.3 is 0 Å². The van der Waals surface area contributed by atoms with Gasteiger partial charge in [0.2, 0.25) is 0 Å². The van der Waals surface area contributed by atoms with Gasteiger partial charge in [-0.2, -0.15) is 0 Å². The van der Waals surface area contributed by atoms with E-state index in [9.17, 15) is 0 Å². The minimum Gasteiger partial charge on any atom is -0.374 e. The molecule has 1 aliphatic rings. The van der Waals surface area contributed by atoms with Crippen LogP contribution < -0.4 is 5.73 Å². The molecule has 0 amide bonds. The van der Waals surface area contributed by atoms with Gasteiger partial charge in [0.15, 0.2) is 0 Å². The highest BCUT2D eigenvalue weighted by molar-refractivity contribution is 6.25. The first-order valence-electron chi connectivity index (χ1n) is 4.35. The third-order valence-corrected chi connectivity index (χ3v) is 2.53. The normalized spacial score (nSPS) is 31.1. The fourth-order valence-electron chi connectivity index (χ4n) is 1.41. The van der Waals surface area contributed by atoms with E-state index in [0.717, 1.165) is 24.8 Å². The molecule has 70 valence electrons. The third-order valence-electron chi connectivity index (χ3n) is 2.16. The van der Waals surface area contributed by atoms with Crippen molar-refractivity contribution in [2.24, 2.45) is 5.73 Å². The molecule has 1 aliphatic carbocycles. The maximum Gasteiger partial charge on any atom is 0.0689 e. The predicted octanol–water partition coefficient (Wildman–Crippen LogP) is 2.03. The zero-order chi connectivity index (χ0) is 8.97. The van der Waals surface area contributed by atoms with E-state index in [0.29, 0.717) is 18.8 Å². The molecule has 1 saturated carbocycles. The second-order valence-electron chi connectivity index (χ2n) is 3.46. The summed E-state index contributed by atoms with van der Waals surface area (Å²) < 4.78 is 5.59. The van der Waals surface area contributed by atoms with Crippen LogP contribution in [-0.2, 0) is 4.74 Å². The lowest BCUT2D eigenvalue weighted by molar-refractivity contribution is 0.0744. The standard InChI is InChI=1S/C9H16ClNO/c1-7(5-10)6-12-9-3-2-8(11)4-9/h5,8-9H,2-4,6,11H2,1H3. The van der Waals surface area contributed by atoms with E-state index < -0.39 is 0 Å². The quantitative estimate of drug-likeness (QED) is 0.738. The molecular formula is C9H16ClNO. The van der Waals surface area contributed by atoms with E-state index in [1.54, 1.807) is 5.54 Å². The smallest absolute Gasteiger partial charge is 0.0689 e. The Bertz CT molecular complexity index is 170. The first-order valence-corrected chi connectivity index (χ1v) is 4.79. The topological polar surface area (TPSA) is 35.2 Å². The van der Waals surface area contributed by atoms with Gasteiger partial charge in [0.05, 0.1) is 12.7 Å². The zero-order valence-corrected chi connectivity index (χ0v) is 8.18. The molecule has 0 bridgehead atoms. The van der Waals surface area contributed by atoms with E-state index in [2.05, 4.69) is 0 Å². The van der Waals surface area contributed by atoms with E-state index in [-0.39, 0.29) is 0 Å². The molecule has 0 radical (unpaired) electrons. The van der Waals surface area contributed by atoms with E-state index in [1.807, 2.05) is 6.92 Å². The summed E-state index contributed by atoms with van der Waals surface area (Å²) >= 11 is 5.50. The summed E-state index contributed by atoms with van der Waals surface area (Å²) in [5.74, 6) is 0. The van der Waals surface area contributed by atoms with Gasteiger partial charge in [-0.3, -0.25) is 0 Å². The van der Waals surface area contributed by atoms with Crippen molar-refractivity contribution in [3.63, 3.8) is 0 Å². The zero-order valence-electron chi connectivity index (χ0n) is 7.42. The maximum absolute atomic E-state index is 5.74. The van der Waals surface area contributed by atoms with E-state index in [4.69, 9.17) is 22.1 Å². The van der Waals surface area contributed by atoms with Crippen molar-refractivity contribution in [2.45, 2.75) is 38.3 Å². The van der Waals surface area contributed by atoms with Crippen molar-refractivity contribution in [3.05, 3.63) is 11.1 Å². The molecule has 2 nitrogen and oxygen atoms in total. The molecule has 0 saturated heterocycles. The van der Waals surface area contributed by atoms with Gasteiger partial charge in [0.25, 0.3) is 0 Å². The Morgan fingerprint density at radius 3 is 2.92 bits per heavy atom. The molecule has 2 atom stereocenters. The maximum atomic E-state index is 5.74. The van der Waals surface area contributed by atoms with Crippen LogP contribution in [0.25, 0.3) is 0 Å². The summed E-state index contributed by atoms with van der Waals surface area (Å²) in [6.07, 6.45) is 3.53. The first-order chi connectivity index (χ1) is 5.72. The minimum atomic E-state index is 0.343. The Morgan fingerprint density at radius 1 is 1.67 bits per heavy atom. The SMILES string of the molecule is CC(=CCl)COC1CCC(N)C1. The molecule has 2 unspecified atom stereocenters. The van der Waals surface area contributed by atoms with Crippen molar-refractivity contribution >= 4 is 11.6 Å². The van der Waals surface area contributed by atoms with Crippen molar-refractivity contribution in [1.29, 1.82) is 0 Å². The average Bonchev–Trinajstić information content (AvgIpc) is 2.47. The molecule has 0 aromatic carbocycles. The number of nitrogens with two attached hydrogens (primary N) is 1. The van der Waals surface area contributed by atoms with Crippen LogP contribution in [0.4, 0.5) is 0 Å². The van der Waals surface area contributed by atoms with Crippen LogP contribution in [0.2, 0.25) is 0 Å². The summed E-state index contributed by atoms with van der Waals surface area (Å²) in [5, 5.41) is 0. The summed E-state index contributed by atoms with van der Waals surface area (Å²) in [6, 6.07) is 0.343. The molecule has 1 rings (SSSR count). The number of rotatable bonds is 3. The molecular weight excluding hydrogens is 174 g/mol. The highest BCUT2D eigenvalue weighted by atomic mass is 35.5.